The fourth-order valence-corrected chi connectivity index (χ4v) is 4.35. The van der Waals surface area contributed by atoms with Crippen molar-refractivity contribution in [3.05, 3.63) is 53.8 Å². The second-order valence-electron chi connectivity index (χ2n) is 7.90. The molecule has 0 saturated heterocycles. The molecule has 0 amide bonds. The van der Waals surface area contributed by atoms with Gasteiger partial charge in [0.05, 0.1) is 7.11 Å². The molecule has 3 aromatic rings. The third-order valence-electron chi connectivity index (χ3n) is 6.01. The van der Waals surface area contributed by atoms with E-state index in [0.717, 1.165) is 11.5 Å². The lowest BCUT2D eigenvalue weighted by atomic mass is 9.77. The normalized spacial score (nSPS) is 19.3. The Morgan fingerprint density at radius 1 is 1.03 bits per heavy atom. The quantitative estimate of drug-likeness (QED) is 0.471. The summed E-state index contributed by atoms with van der Waals surface area (Å²) in [5.74, 6) is 2.10. The topological polar surface area (TPSA) is 48.2 Å². The molecular formula is C24H27FN2O2. The molecule has 0 bridgehead atoms. The maximum Gasteiger partial charge on any atom is 0.258 e. The first-order chi connectivity index (χ1) is 14.2. The molecule has 0 spiro atoms. The third kappa shape index (κ3) is 4.34. The summed E-state index contributed by atoms with van der Waals surface area (Å²) in [6, 6.07) is 13.1. The number of benzene rings is 2. The van der Waals surface area contributed by atoms with Gasteiger partial charge in [0, 0.05) is 11.1 Å². The maximum atomic E-state index is 13.9. The van der Waals surface area contributed by atoms with Crippen molar-refractivity contribution >= 4 is 0 Å². The van der Waals surface area contributed by atoms with E-state index in [9.17, 15) is 4.39 Å². The van der Waals surface area contributed by atoms with Crippen LogP contribution in [0.5, 0.6) is 5.75 Å². The van der Waals surface area contributed by atoms with Gasteiger partial charge in [-0.3, -0.25) is 0 Å². The number of hydrogen-bond donors (Lipinski definition) is 0. The van der Waals surface area contributed by atoms with Gasteiger partial charge in [0.15, 0.2) is 11.6 Å². The average molecular weight is 394 g/mol. The van der Waals surface area contributed by atoms with Crippen molar-refractivity contribution < 1.29 is 13.7 Å². The fourth-order valence-electron chi connectivity index (χ4n) is 4.35. The molecule has 0 aliphatic heterocycles. The summed E-state index contributed by atoms with van der Waals surface area (Å²) in [7, 11) is 1.43. The van der Waals surface area contributed by atoms with Crippen LogP contribution in [0.25, 0.3) is 22.8 Å². The molecule has 1 saturated carbocycles. The van der Waals surface area contributed by atoms with Crippen LogP contribution in [-0.4, -0.2) is 17.3 Å². The minimum Gasteiger partial charge on any atom is -0.494 e. The lowest BCUT2D eigenvalue weighted by Gasteiger charge is -2.28. The number of nitrogens with zero attached hydrogens (tertiary/aromatic N) is 2. The highest BCUT2D eigenvalue weighted by Gasteiger charge is 2.22. The van der Waals surface area contributed by atoms with E-state index in [4.69, 9.17) is 9.26 Å². The van der Waals surface area contributed by atoms with E-state index in [1.807, 2.05) is 0 Å². The van der Waals surface area contributed by atoms with Gasteiger partial charge in [-0.1, -0.05) is 49.2 Å². The van der Waals surface area contributed by atoms with Gasteiger partial charge in [0.1, 0.15) is 0 Å². The molecule has 0 atom stereocenters. The molecule has 0 unspecified atom stereocenters. The Balaban J connectivity index is 1.46. The maximum absolute atomic E-state index is 13.9. The summed E-state index contributed by atoms with van der Waals surface area (Å²) < 4.78 is 24.2. The van der Waals surface area contributed by atoms with Crippen molar-refractivity contribution in [3.63, 3.8) is 0 Å². The Bertz CT molecular complexity index is 944. The van der Waals surface area contributed by atoms with Gasteiger partial charge in [-0.05, 0) is 61.3 Å². The first kappa shape index (κ1) is 19.6. The molecular weight excluding hydrogens is 367 g/mol. The SMILES string of the molecule is CCCC1CCC(c2ccc(-c3noc(-c4ccc(OC)c(F)c4)n3)cc2)CC1. The molecule has 1 fully saturated rings. The number of methoxy groups -OCH3 is 1. The molecule has 2 aromatic carbocycles. The molecule has 29 heavy (non-hydrogen) atoms. The van der Waals surface area contributed by atoms with E-state index < -0.39 is 5.82 Å². The number of ether oxygens (including phenoxy) is 1. The van der Waals surface area contributed by atoms with Crippen molar-refractivity contribution in [2.75, 3.05) is 7.11 Å². The first-order valence-electron chi connectivity index (χ1n) is 10.5. The van der Waals surface area contributed by atoms with Crippen molar-refractivity contribution in [3.8, 4) is 28.6 Å². The summed E-state index contributed by atoms with van der Waals surface area (Å²) in [5.41, 5.74) is 2.82. The minimum absolute atomic E-state index is 0.188. The lowest BCUT2D eigenvalue weighted by Crippen LogP contribution is -2.13. The second-order valence-corrected chi connectivity index (χ2v) is 7.90. The van der Waals surface area contributed by atoms with E-state index >= 15 is 0 Å². The highest BCUT2D eigenvalue weighted by atomic mass is 19.1. The monoisotopic (exact) mass is 394 g/mol. The van der Waals surface area contributed by atoms with Crippen molar-refractivity contribution in [1.29, 1.82) is 0 Å². The van der Waals surface area contributed by atoms with Crippen LogP contribution >= 0.6 is 0 Å². The zero-order valence-electron chi connectivity index (χ0n) is 17.0. The zero-order chi connectivity index (χ0) is 20.2. The van der Waals surface area contributed by atoms with E-state index in [2.05, 4.69) is 41.3 Å². The van der Waals surface area contributed by atoms with Crippen LogP contribution in [0, 0.1) is 11.7 Å². The summed E-state index contributed by atoms with van der Waals surface area (Å²) in [4.78, 5) is 4.43. The van der Waals surface area contributed by atoms with Gasteiger partial charge in [-0.25, -0.2) is 4.39 Å². The molecule has 1 aromatic heterocycles. The minimum atomic E-state index is -0.456. The van der Waals surface area contributed by atoms with Gasteiger partial charge >= 0.3 is 0 Å². The van der Waals surface area contributed by atoms with Crippen LogP contribution < -0.4 is 4.74 Å². The van der Waals surface area contributed by atoms with Crippen LogP contribution in [0.4, 0.5) is 4.39 Å². The summed E-state index contributed by atoms with van der Waals surface area (Å²) >= 11 is 0. The molecule has 5 heteroatoms. The first-order valence-corrected chi connectivity index (χ1v) is 10.5. The Labute approximate surface area is 171 Å². The number of rotatable bonds is 6. The van der Waals surface area contributed by atoms with Crippen LogP contribution in [0.15, 0.2) is 47.0 Å². The number of halogens is 1. The standard InChI is InChI=1S/C24H27FN2O2/c1-3-4-16-5-7-17(8-6-16)18-9-11-19(12-10-18)23-26-24(29-27-23)20-13-14-22(28-2)21(25)15-20/h9-17H,3-8H2,1-2H3. The molecule has 0 radical (unpaired) electrons. The van der Waals surface area contributed by atoms with Crippen molar-refractivity contribution in [1.82, 2.24) is 10.1 Å². The predicted molar refractivity (Wildman–Crippen MR) is 111 cm³/mol. The van der Waals surface area contributed by atoms with Crippen LogP contribution in [0.1, 0.15) is 56.9 Å². The third-order valence-corrected chi connectivity index (χ3v) is 6.01. The summed E-state index contributed by atoms with van der Waals surface area (Å²) in [5, 5.41) is 4.07. The molecule has 152 valence electrons. The van der Waals surface area contributed by atoms with Crippen LogP contribution in [0.3, 0.4) is 0 Å². The molecule has 1 heterocycles. The summed E-state index contributed by atoms with van der Waals surface area (Å²) in [6.07, 6.45) is 7.89. The highest BCUT2D eigenvalue weighted by molar-refractivity contribution is 5.60. The lowest BCUT2D eigenvalue weighted by molar-refractivity contribution is 0.308. The predicted octanol–water partition coefficient (Wildman–Crippen LogP) is 6.63. The van der Waals surface area contributed by atoms with Gasteiger partial charge < -0.3 is 9.26 Å². The van der Waals surface area contributed by atoms with Crippen molar-refractivity contribution in [2.45, 2.75) is 51.4 Å². The molecule has 4 rings (SSSR count). The second kappa shape index (κ2) is 8.76. The number of aromatic nitrogens is 2. The molecule has 1 aliphatic rings. The van der Waals surface area contributed by atoms with E-state index in [0.29, 0.717) is 23.2 Å². The Kier molecular flexibility index (Phi) is 5.93. The van der Waals surface area contributed by atoms with Gasteiger partial charge in [-0.15, -0.1) is 0 Å². The average Bonchev–Trinajstić information content (AvgIpc) is 3.25. The zero-order valence-corrected chi connectivity index (χ0v) is 17.0. The van der Waals surface area contributed by atoms with Gasteiger partial charge in [0.25, 0.3) is 5.89 Å². The molecule has 4 nitrogen and oxygen atoms in total. The Morgan fingerprint density at radius 2 is 1.76 bits per heavy atom. The Morgan fingerprint density at radius 3 is 2.41 bits per heavy atom. The van der Waals surface area contributed by atoms with Crippen molar-refractivity contribution in [2.24, 2.45) is 5.92 Å². The largest absolute Gasteiger partial charge is 0.494 e. The highest BCUT2D eigenvalue weighted by Crippen LogP contribution is 2.38. The van der Waals surface area contributed by atoms with Crippen LogP contribution in [-0.2, 0) is 0 Å². The Hall–Kier alpha value is -2.69. The molecule has 0 N–H and O–H groups in total. The van der Waals surface area contributed by atoms with E-state index in [1.54, 1.807) is 12.1 Å². The smallest absolute Gasteiger partial charge is 0.258 e. The van der Waals surface area contributed by atoms with Gasteiger partial charge in [-0.2, -0.15) is 4.98 Å². The fraction of sp³-hybridized carbons (Fsp3) is 0.417. The summed E-state index contributed by atoms with van der Waals surface area (Å²) in [6.45, 7) is 2.28. The molecule has 1 aliphatic carbocycles. The van der Waals surface area contributed by atoms with E-state index in [1.165, 1.54) is 57.3 Å². The number of hydrogen-bond acceptors (Lipinski definition) is 4. The van der Waals surface area contributed by atoms with Gasteiger partial charge in [0.2, 0.25) is 5.82 Å². The van der Waals surface area contributed by atoms with Crippen LogP contribution in [0.2, 0.25) is 0 Å². The van der Waals surface area contributed by atoms with E-state index in [-0.39, 0.29) is 5.75 Å².